The van der Waals surface area contributed by atoms with E-state index in [9.17, 15) is 9.90 Å². The number of carbonyl (C=O) groups is 1. The minimum Gasteiger partial charge on any atom is -0.503 e. The Morgan fingerprint density at radius 3 is 2.82 bits per heavy atom. The van der Waals surface area contributed by atoms with Gasteiger partial charge in [-0.15, -0.1) is 0 Å². The number of aromatic hydroxyl groups is 1. The van der Waals surface area contributed by atoms with Crippen molar-refractivity contribution in [3.05, 3.63) is 28.3 Å². The molecule has 0 aliphatic rings. The largest absolute Gasteiger partial charge is 0.503 e. The molecular weight excluding hydrogens is 308 g/mol. The van der Waals surface area contributed by atoms with Crippen LogP contribution >= 0.6 is 11.6 Å². The van der Waals surface area contributed by atoms with Crippen LogP contribution in [0.2, 0.25) is 5.02 Å². The van der Waals surface area contributed by atoms with Gasteiger partial charge >= 0.3 is 0 Å². The molecule has 22 heavy (non-hydrogen) atoms. The van der Waals surface area contributed by atoms with E-state index in [1.807, 2.05) is 6.07 Å². The summed E-state index contributed by atoms with van der Waals surface area (Å²) in [5.74, 6) is -0.512. The first-order valence-corrected chi connectivity index (χ1v) is 6.86. The van der Waals surface area contributed by atoms with Gasteiger partial charge in [-0.2, -0.15) is 5.26 Å². The number of carbonyl (C=O) groups excluding carboxylic acids is 1. The zero-order valence-corrected chi connectivity index (χ0v) is 13.1. The van der Waals surface area contributed by atoms with Gasteiger partial charge in [-0.1, -0.05) is 11.6 Å². The van der Waals surface area contributed by atoms with Crippen molar-refractivity contribution in [2.45, 2.75) is 6.42 Å². The summed E-state index contributed by atoms with van der Waals surface area (Å²) in [5, 5.41) is 21.4. The minimum atomic E-state index is -0.484. The lowest BCUT2D eigenvalue weighted by Crippen LogP contribution is -2.26. The predicted molar refractivity (Wildman–Crippen MR) is 82.8 cm³/mol. The molecule has 0 aliphatic heterocycles. The van der Waals surface area contributed by atoms with Crippen LogP contribution in [-0.4, -0.2) is 38.4 Å². The Morgan fingerprint density at radius 2 is 2.23 bits per heavy atom. The SMILES string of the molecule is COCCCNC(=O)/C(C#N)=C\c1cc(Cl)c(O)c(OC)c1. The van der Waals surface area contributed by atoms with Crippen LogP contribution in [-0.2, 0) is 9.53 Å². The van der Waals surface area contributed by atoms with Crippen molar-refractivity contribution in [3.8, 4) is 17.6 Å². The highest BCUT2D eigenvalue weighted by Gasteiger charge is 2.11. The number of hydrogen-bond acceptors (Lipinski definition) is 5. The molecule has 118 valence electrons. The smallest absolute Gasteiger partial charge is 0.261 e. The van der Waals surface area contributed by atoms with Crippen LogP contribution in [0.4, 0.5) is 0 Å². The number of halogens is 1. The summed E-state index contributed by atoms with van der Waals surface area (Å²) in [7, 11) is 2.96. The third kappa shape index (κ3) is 4.95. The summed E-state index contributed by atoms with van der Waals surface area (Å²) in [5.41, 5.74) is 0.407. The Hall–Kier alpha value is -2.23. The first kappa shape index (κ1) is 17.8. The highest BCUT2D eigenvalue weighted by molar-refractivity contribution is 6.32. The van der Waals surface area contributed by atoms with Gasteiger partial charge in [-0.25, -0.2) is 0 Å². The predicted octanol–water partition coefficient (Wildman–Crippen LogP) is 2.11. The maximum absolute atomic E-state index is 11.9. The van der Waals surface area contributed by atoms with E-state index in [4.69, 9.17) is 26.3 Å². The average molecular weight is 325 g/mol. The van der Waals surface area contributed by atoms with Crippen LogP contribution in [0.5, 0.6) is 11.5 Å². The quantitative estimate of drug-likeness (QED) is 0.455. The Kier molecular flexibility index (Phi) is 7.23. The van der Waals surface area contributed by atoms with Crippen LogP contribution in [0.3, 0.4) is 0 Å². The molecule has 0 radical (unpaired) electrons. The van der Waals surface area contributed by atoms with E-state index in [1.54, 1.807) is 7.11 Å². The normalized spacial score (nSPS) is 10.9. The summed E-state index contributed by atoms with van der Waals surface area (Å²) in [6.45, 7) is 0.933. The third-order valence-corrected chi connectivity index (χ3v) is 3.05. The lowest BCUT2D eigenvalue weighted by atomic mass is 10.1. The van der Waals surface area contributed by atoms with Gasteiger partial charge in [0.2, 0.25) is 0 Å². The van der Waals surface area contributed by atoms with E-state index in [0.717, 1.165) is 0 Å². The van der Waals surface area contributed by atoms with Gasteiger partial charge in [0.25, 0.3) is 5.91 Å². The number of hydrogen-bond donors (Lipinski definition) is 2. The number of benzene rings is 1. The second-order valence-electron chi connectivity index (χ2n) is 4.33. The number of nitrogens with zero attached hydrogens (tertiary/aromatic N) is 1. The molecule has 0 fully saturated rings. The molecule has 0 spiro atoms. The summed E-state index contributed by atoms with van der Waals surface area (Å²) in [6, 6.07) is 4.76. The molecular formula is C15H17ClN2O4. The molecule has 0 saturated heterocycles. The van der Waals surface area contributed by atoms with Crippen LogP contribution in [0, 0.1) is 11.3 Å². The second kappa shape index (κ2) is 8.93. The lowest BCUT2D eigenvalue weighted by molar-refractivity contribution is -0.117. The van der Waals surface area contributed by atoms with Gasteiger partial charge < -0.3 is 19.9 Å². The van der Waals surface area contributed by atoms with Crippen molar-refractivity contribution < 1.29 is 19.4 Å². The highest BCUT2D eigenvalue weighted by atomic mass is 35.5. The number of nitrogens with one attached hydrogen (secondary N) is 1. The van der Waals surface area contributed by atoms with Crippen molar-refractivity contribution in [1.29, 1.82) is 5.26 Å². The summed E-state index contributed by atoms with van der Waals surface area (Å²) < 4.78 is 9.85. The number of amides is 1. The number of rotatable bonds is 7. The molecule has 1 aromatic rings. The van der Waals surface area contributed by atoms with E-state index in [0.29, 0.717) is 25.1 Å². The Bertz CT molecular complexity index is 608. The molecule has 1 rings (SSSR count). The van der Waals surface area contributed by atoms with Crippen LogP contribution in [0.15, 0.2) is 17.7 Å². The molecule has 0 atom stereocenters. The number of methoxy groups -OCH3 is 2. The van der Waals surface area contributed by atoms with Crippen LogP contribution in [0.25, 0.3) is 6.08 Å². The van der Waals surface area contributed by atoms with Gasteiger partial charge in [0.05, 0.1) is 12.1 Å². The minimum absolute atomic E-state index is 0.0683. The maximum atomic E-state index is 11.9. The Morgan fingerprint density at radius 1 is 1.50 bits per heavy atom. The molecule has 0 aliphatic carbocycles. The molecule has 0 heterocycles. The van der Waals surface area contributed by atoms with Crippen molar-refractivity contribution in [2.24, 2.45) is 0 Å². The molecule has 1 amide bonds. The van der Waals surface area contributed by atoms with Crippen molar-refractivity contribution >= 4 is 23.6 Å². The fourth-order valence-electron chi connectivity index (χ4n) is 1.66. The van der Waals surface area contributed by atoms with Gasteiger partial charge in [0, 0.05) is 20.3 Å². The molecule has 7 heteroatoms. The van der Waals surface area contributed by atoms with Crippen molar-refractivity contribution in [3.63, 3.8) is 0 Å². The Balaban J connectivity index is 2.91. The molecule has 2 N–H and O–H groups in total. The van der Waals surface area contributed by atoms with Crippen molar-refractivity contribution in [2.75, 3.05) is 27.4 Å². The zero-order valence-electron chi connectivity index (χ0n) is 12.4. The van der Waals surface area contributed by atoms with Gasteiger partial charge in [-0.05, 0) is 30.2 Å². The maximum Gasteiger partial charge on any atom is 0.261 e. The fraction of sp³-hybridized carbons (Fsp3) is 0.333. The molecule has 0 saturated carbocycles. The van der Waals surface area contributed by atoms with Crippen LogP contribution in [0.1, 0.15) is 12.0 Å². The van der Waals surface area contributed by atoms with E-state index in [-0.39, 0.29) is 22.1 Å². The standard InChI is InChI=1S/C15H17ClN2O4/c1-21-5-3-4-18-15(20)11(9-17)6-10-7-12(16)14(19)13(8-10)22-2/h6-8,19H,3-5H2,1-2H3,(H,18,20)/b11-6-. The zero-order chi connectivity index (χ0) is 16.5. The third-order valence-electron chi connectivity index (χ3n) is 2.76. The molecule has 0 unspecified atom stereocenters. The van der Waals surface area contributed by atoms with Gasteiger partial charge in [0.15, 0.2) is 11.5 Å². The molecule has 1 aromatic carbocycles. The summed E-state index contributed by atoms with van der Waals surface area (Å²) in [4.78, 5) is 11.9. The lowest BCUT2D eigenvalue weighted by Gasteiger charge is -2.07. The number of nitriles is 1. The van der Waals surface area contributed by atoms with Gasteiger partial charge in [0.1, 0.15) is 11.6 Å². The fourth-order valence-corrected chi connectivity index (χ4v) is 1.88. The summed E-state index contributed by atoms with van der Waals surface area (Å²) >= 11 is 5.87. The first-order valence-electron chi connectivity index (χ1n) is 6.49. The summed E-state index contributed by atoms with van der Waals surface area (Å²) in [6.07, 6.45) is 2.03. The number of phenols is 1. The second-order valence-corrected chi connectivity index (χ2v) is 4.73. The van der Waals surface area contributed by atoms with E-state index in [1.165, 1.54) is 25.3 Å². The van der Waals surface area contributed by atoms with Crippen LogP contribution < -0.4 is 10.1 Å². The molecule has 6 nitrogen and oxygen atoms in total. The topological polar surface area (TPSA) is 91.6 Å². The first-order chi connectivity index (χ1) is 10.5. The highest BCUT2D eigenvalue weighted by Crippen LogP contribution is 2.35. The van der Waals surface area contributed by atoms with Gasteiger partial charge in [-0.3, -0.25) is 4.79 Å². The van der Waals surface area contributed by atoms with E-state index in [2.05, 4.69) is 5.32 Å². The van der Waals surface area contributed by atoms with Crippen molar-refractivity contribution in [1.82, 2.24) is 5.32 Å². The average Bonchev–Trinajstić information content (AvgIpc) is 2.52. The molecule has 0 bridgehead atoms. The number of phenolic OH excluding ortho intramolecular Hbond substituents is 1. The van der Waals surface area contributed by atoms with E-state index < -0.39 is 5.91 Å². The van der Waals surface area contributed by atoms with E-state index >= 15 is 0 Å². The Labute approximate surface area is 133 Å². The molecule has 0 aromatic heterocycles. The monoisotopic (exact) mass is 324 g/mol. The number of ether oxygens (including phenoxy) is 2.